The number of anilines is 1. The van der Waals surface area contributed by atoms with Crippen molar-refractivity contribution in [1.82, 2.24) is 4.98 Å². The Hall–Kier alpha value is -2.00. The van der Waals surface area contributed by atoms with Crippen LogP contribution in [0.15, 0.2) is 28.1 Å². The Balaban J connectivity index is 2.15. The van der Waals surface area contributed by atoms with Crippen molar-refractivity contribution < 1.29 is 14.8 Å². The number of thiazole rings is 1. The predicted octanol–water partition coefficient (Wildman–Crippen LogP) is 3.12. The van der Waals surface area contributed by atoms with Gasteiger partial charge in [-0.1, -0.05) is 15.9 Å². The van der Waals surface area contributed by atoms with E-state index in [-0.39, 0.29) is 17.9 Å². The van der Waals surface area contributed by atoms with E-state index in [0.29, 0.717) is 15.2 Å². The maximum Gasteiger partial charge on any atom is 0.355 e. The number of rotatable bonds is 5. The van der Waals surface area contributed by atoms with E-state index in [1.54, 1.807) is 12.1 Å². The molecule has 0 saturated heterocycles. The van der Waals surface area contributed by atoms with Crippen molar-refractivity contribution in [2.45, 2.75) is 6.54 Å². The minimum atomic E-state index is -1.10. The van der Waals surface area contributed by atoms with Gasteiger partial charge in [-0.2, -0.15) is 0 Å². The Bertz CT molecular complexity index is 673. The number of hydrogen-bond acceptors (Lipinski definition) is 6. The van der Waals surface area contributed by atoms with Crippen molar-refractivity contribution >= 4 is 44.6 Å². The van der Waals surface area contributed by atoms with Crippen LogP contribution < -0.4 is 5.32 Å². The summed E-state index contributed by atoms with van der Waals surface area (Å²) in [6.45, 7) is 0.217. The van der Waals surface area contributed by atoms with Crippen LogP contribution in [0.25, 0.3) is 0 Å². The maximum absolute atomic E-state index is 10.9. The van der Waals surface area contributed by atoms with Gasteiger partial charge in [0.25, 0.3) is 5.69 Å². The second kappa shape index (κ2) is 5.97. The predicted molar refractivity (Wildman–Crippen MR) is 77.2 cm³/mol. The Morgan fingerprint density at radius 2 is 2.30 bits per heavy atom. The summed E-state index contributed by atoms with van der Waals surface area (Å²) in [4.78, 5) is 25.0. The lowest BCUT2D eigenvalue weighted by Gasteiger charge is -2.05. The van der Waals surface area contributed by atoms with Gasteiger partial charge in [0.15, 0.2) is 5.69 Å². The van der Waals surface area contributed by atoms with Crippen molar-refractivity contribution in [3.63, 3.8) is 0 Å². The van der Waals surface area contributed by atoms with Gasteiger partial charge in [0.05, 0.1) is 11.5 Å². The molecule has 0 atom stereocenters. The van der Waals surface area contributed by atoms with Gasteiger partial charge >= 0.3 is 5.97 Å². The molecule has 2 rings (SSSR count). The third-order valence-electron chi connectivity index (χ3n) is 2.36. The van der Waals surface area contributed by atoms with Crippen LogP contribution in [0.5, 0.6) is 0 Å². The van der Waals surface area contributed by atoms with Gasteiger partial charge in [-0.05, 0) is 12.1 Å². The number of nitrogens with one attached hydrogen (secondary N) is 1. The van der Waals surface area contributed by atoms with Gasteiger partial charge in [-0.25, -0.2) is 9.78 Å². The van der Waals surface area contributed by atoms with E-state index in [0.717, 1.165) is 0 Å². The number of nitrogens with zero attached hydrogens (tertiary/aromatic N) is 2. The second-order valence-electron chi connectivity index (χ2n) is 3.70. The highest BCUT2D eigenvalue weighted by molar-refractivity contribution is 9.10. The van der Waals surface area contributed by atoms with E-state index < -0.39 is 10.9 Å². The molecule has 7 nitrogen and oxygen atoms in total. The maximum atomic E-state index is 10.9. The monoisotopic (exact) mass is 357 g/mol. The zero-order chi connectivity index (χ0) is 14.7. The summed E-state index contributed by atoms with van der Waals surface area (Å²) in [5.41, 5.74) is 0.259. The molecule has 1 heterocycles. The van der Waals surface area contributed by atoms with Gasteiger partial charge in [-0.3, -0.25) is 10.1 Å². The molecule has 0 unspecified atom stereocenters. The minimum Gasteiger partial charge on any atom is -0.476 e. The molecule has 0 saturated carbocycles. The van der Waals surface area contributed by atoms with Gasteiger partial charge in [0, 0.05) is 15.9 Å². The van der Waals surface area contributed by atoms with Crippen LogP contribution in [0.1, 0.15) is 15.5 Å². The van der Waals surface area contributed by atoms with E-state index in [2.05, 4.69) is 26.2 Å². The van der Waals surface area contributed by atoms with Gasteiger partial charge < -0.3 is 10.4 Å². The molecule has 1 aromatic heterocycles. The van der Waals surface area contributed by atoms with Crippen LogP contribution in [0, 0.1) is 10.1 Å². The normalized spacial score (nSPS) is 10.2. The Kier molecular flexibility index (Phi) is 4.30. The first kappa shape index (κ1) is 14.4. The van der Waals surface area contributed by atoms with E-state index in [1.165, 1.54) is 22.8 Å². The van der Waals surface area contributed by atoms with E-state index in [9.17, 15) is 14.9 Å². The zero-order valence-electron chi connectivity index (χ0n) is 9.87. The Morgan fingerprint density at radius 1 is 1.55 bits per heavy atom. The molecule has 2 aromatic rings. The summed E-state index contributed by atoms with van der Waals surface area (Å²) in [7, 11) is 0. The fraction of sp³-hybridized carbons (Fsp3) is 0.0909. The van der Waals surface area contributed by atoms with Crippen molar-refractivity contribution in [2.24, 2.45) is 0 Å². The summed E-state index contributed by atoms with van der Waals surface area (Å²) >= 11 is 4.42. The molecule has 20 heavy (non-hydrogen) atoms. The summed E-state index contributed by atoms with van der Waals surface area (Å²) in [5.74, 6) is -1.10. The number of nitro groups is 1. The van der Waals surface area contributed by atoms with Crippen molar-refractivity contribution in [3.05, 3.63) is 48.9 Å². The number of benzene rings is 1. The van der Waals surface area contributed by atoms with Crippen molar-refractivity contribution in [2.75, 3.05) is 5.32 Å². The van der Waals surface area contributed by atoms with Crippen LogP contribution >= 0.6 is 27.3 Å². The first-order valence-corrected chi connectivity index (χ1v) is 7.00. The largest absolute Gasteiger partial charge is 0.476 e. The highest BCUT2D eigenvalue weighted by Crippen LogP contribution is 2.28. The number of carboxylic acids is 1. The standard InChI is InChI=1S/C11H8BrN3O4S/c12-6-1-2-9(15(18)19)7(3-6)13-4-10-14-8(5-20-10)11(16)17/h1-3,5,13H,4H2,(H,16,17). The average molecular weight is 358 g/mol. The average Bonchev–Trinajstić information content (AvgIpc) is 2.85. The molecular weight excluding hydrogens is 350 g/mol. The molecule has 2 N–H and O–H groups in total. The van der Waals surface area contributed by atoms with Crippen LogP contribution in [0.2, 0.25) is 0 Å². The van der Waals surface area contributed by atoms with E-state index in [1.807, 2.05) is 0 Å². The second-order valence-corrected chi connectivity index (χ2v) is 5.56. The lowest BCUT2D eigenvalue weighted by atomic mass is 10.2. The third-order valence-corrected chi connectivity index (χ3v) is 3.70. The van der Waals surface area contributed by atoms with Crippen LogP contribution in [0.3, 0.4) is 0 Å². The van der Waals surface area contributed by atoms with Crippen molar-refractivity contribution in [3.8, 4) is 0 Å². The van der Waals surface area contributed by atoms with Gasteiger partial charge in [0.2, 0.25) is 0 Å². The number of carboxylic acid groups (broad SMARTS) is 1. The first-order chi connectivity index (χ1) is 9.47. The highest BCUT2D eigenvalue weighted by Gasteiger charge is 2.14. The minimum absolute atomic E-state index is 0.0319. The third kappa shape index (κ3) is 3.31. The van der Waals surface area contributed by atoms with Crippen molar-refractivity contribution in [1.29, 1.82) is 0 Å². The molecule has 0 spiro atoms. The number of carbonyl (C=O) groups is 1. The fourth-order valence-electron chi connectivity index (χ4n) is 1.47. The summed E-state index contributed by atoms with van der Waals surface area (Å²) < 4.78 is 0.705. The summed E-state index contributed by atoms with van der Waals surface area (Å²) in [6, 6.07) is 4.55. The molecule has 0 bridgehead atoms. The quantitative estimate of drug-likeness (QED) is 0.628. The molecule has 9 heteroatoms. The number of aromatic nitrogens is 1. The highest BCUT2D eigenvalue weighted by atomic mass is 79.9. The number of nitro benzene ring substituents is 1. The smallest absolute Gasteiger partial charge is 0.355 e. The topological polar surface area (TPSA) is 105 Å². The van der Waals surface area contributed by atoms with E-state index in [4.69, 9.17) is 5.11 Å². The fourth-order valence-corrected chi connectivity index (χ4v) is 2.54. The van der Waals surface area contributed by atoms with Gasteiger partial charge in [-0.15, -0.1) is 11.3 Å². The number of halogens is 1. The number of aromatic carboxylic acids is 1. The summed E-state index contributed by atoms with van der Waals surface area (Å²) in [5, 5.41) is 24.5. The molecule has 0 aliphatic rings. The molecule has 0 amide bonds. The summed E-state index contributed by atoms with van der Waals surface area (Å²) in [6.07, 6.45) is 0. The molecule has 0 aliphatic heterocycles. The van der Waals surface area contributed by atoms with Crippen LogP contribution in [-0.2, 0) is 6.54 Å². The lowest BCUT2D eigenvalue weighted by Crippen LogP contribution is -2.03. The zero-order valence-corrected chi connectivity index (χ0v) is 12.3. The molecule has 0 aliphatic carbocycles. The van der Waals surface area contributed by atoms with E-state index >= 15 is 0 Å². The molecule has 104 valence electrons. The molecule has 1 aromatic carbocycles. The molecule has 0 radical (unpaired) electrons. The van der Waals surface area contributed by atoms with Gasteiger partial charge in [0.1, 0.15) is 10.7 Å². The SMILES string of the molecule is O=C(O)c1csc(CNc2cc(Br)ccc2[N+](=O)[O-])n1. The lowest BCUT2D eigenvalue weighted by molar-refractivity contribution is -0.384. The Morgan fingerprint density at radius 3 is 2.90 bits per heavy atom. The van der Waals surface area contributed by atoms with Crippen LogP contribution in [-0.4, -0.2) is 21.0 Å². The molecular formula is C11H8BrN3O4S. The Labute approximate surface area is 125 Å². The van der Waals surface area contributed by atoms with Crippen LogP contribution in [0.4, 0.5) is 11.4 Å². The molecule has 0 fully saturated rings. The first-order valence-electron chi connectivity index (χ1n) is 5.33. The number of hydrogen-bond donors (Lipinski definition) is 2.